The molecule has 1 heterocycles. The fraction of sp³-hybridized carbons (Fsp3) is 0.571. The van der Waals surface area contributed by atoms with Crippen LogP contribution in [0.15, 0.2) is 24.3 Å². The lowest BCUT2D eigenvalue weighted by Gasteiger charge is -2.29. The van der Waals surface area contributed by atoms with Crippen LogP contribution >= 0.6 is 0 Å². The normalized spacial score (nSPS) is 20.1. The van der Waals surface area contributed by atoms with Crippen LogP contribution in [0.25, 0.3) is 0 Å². The summed E-state index contributed by atoms with van der Waals surface area (Å²) in [6.45, 7) is 8.83. The molecule has 0 radical (unpaired) electrons. The Morgan fingerprint density at radius 1 is 1.31 bits per heavy atom. The van der Waals surface area contributed by atoms with Crippen molar-refractivity contribution < 1.29 is 0 Å². The second-order valence-corrected chi connectivity index (χ2v) is 5.74. The highest BCUT2D eigenvalue weighted by Gasteiger charge is 2.19. The Labute approximate surface area is 98.4 Å². The van der Waals surface area contributed by atoms with Crippen molar-refractivity contribution in [2.75, 3.05) is 18.4 Å². The lowest BCUT2D eigenvalue weighted by atomic mass is 9.93. The van der Waals surface area contributed by atoms with Crippen molar-refractivity contribution in [2.24, 2.45) is 5.92 Å². The molecule has 0 aromatic heterocycles. The first-order chi connectivity index (χ1) is 7.54. The van der Waals surface area contributed by atoms with E-state index in [9.17, 15) is 0 Å². The monoisotopic (exact) mass is 218 g/mol. The molecule has 0 aliphatic carbocycles. The Bertz CT molecular complexity index is 352. The summed E-state index contributed by atoms with van der Waals surface area (Å²) in [4.78, 5) is 0. The molecule has 1 aromatic rings. The molecule has 1 atom stereocenters. The zero-order valence-electron chi connectivity index (χ0n) is 10.5. The smallest absolute Gasteiger partial charge is 0.0372 e. The van der Waals surface area contributed by atoms with E-state index < -0.39 is 0 Å². The van der Waals surface area contributed by atoms with Crippen LogP contribution in [0.5, 0.6) is 0 Å². The Kier molecular flexibility index (Phi) is 3.20. The lowest BCUT2D eigenvalue weighted by Crippen LogP contribution is -2.42. The molecular formula is C14H22N2. The average molecular weight is 218 g/mol. The minimum atomic E-state index is 0.219. The van der Waals surface area contributed by atoms with Gasteiger partial charge in [0.15, 0.2) is 0 Å². The molecular weight excluding hydrogens is 196 g/mol. The van der Waals surface area contributed by atoms with Crippen molar-refractivity contribution in [1.82, 2.24) is 5.32 Å². The van der Waals surface area contributed by atoms with E-state index in [-0.39, 0.29) is 5.54 Å². The molecule has 1 aliphatic heterocycles. The first-order valence-corrected chi connectivity index (χ1v) is 6.11. The molecule has 1 aliphatic rings. The number of rotatable bonds is 2. The van der Waals surface area contributed by atoms with E-state index in [4.69, 9.17) is 0 Å². The molecule has 2 rings (SSSR count). The van der Waals surface area contributed by atoms with Crippen LogP contribution in [-0.2, 0) is 6.42 Å². The summed E-state index contributed by atoms with van der Waals surface area (Å²) in [5.41, 5.74) is 2.99. The molecule has 1 unspecified atom stereocenters. The second-order valence-electron chi connectivity index (χ2n) is 5.74. The van der Waals surface area contributed by atoms with E-state index in [1.807, 2.05) is 0 Å². The third-order valence-electron chi connectivity index (χ3n) is 3.03. The highest BCUT2D eigenvalue weighted by molar-refractivity contribution is 5.53. The maximum Gasteiger partial charge on any atom is 0.0372 e. The Hall–Kier alpha value is -1.02. The van der Waals surface area contributed by atoms with E-state index in [1.54, 1.807) is 0 Å². The van der Waals surface area contributed by atoms with Gasteiger partial charge in [0.05, 0.1) is 0 Å². The summed E-state index contributed by atoms with van der Waals surface area (Å²) in [6.07, 6.45) is 1.19. The van der Waals surface area contributed by atoms with Crippen LogP contribution in [0.1, 0.15) is 26.3 Å². The molecule has 0 saturated carbocycles. The first kappa shape index (κ1) is 11.5. The fourth-order valence-electron chi connectivity index (χ4n) is 2.10. The molecule has 2 nitrogen and oxygen atoms in total. The van der Waals surface area contributed by atoms with Gasteiger partial charge in [0, 0.05) is 24.3 Å². The number of fused-ring (bicyclic) bond motifs is 1. The Morgan fingerprint density at radius 3 is 2.81 bits per heavy atom. The molecule has 1 aromatic carbocycles. The zero-order chi connectivity index (χ0) is 11.6. The predicted octanol–water partition coefficient (Wildman–Crippen LogP) is 2.66. The molecule has 0 amide bonds. The maximum atomic E-state index is 3.58. The quantitative estimate of drug-likeness (QED) is 0.797. The topological polar surface area (TPSA) is 24.1 Å². The standard InChI is InChI=1S/C14H22N2/c1-14(2,3)16-10-11-8-12-6-4-5-7-13(12)15-9-11/h4-7,11,15-16H,8-10H2,1-3H3. The van der Waals surface area contributed by atoms with Crippen LogP contribution in [0.2, 0.25) is 0 Å². The molecule has 2 heteroatoms. The van der Waals surface area contributed by atoms with Gasteiger partial charge in [-0.15, -0.1) is 0 Å². The number of anilines is 1. The molecule has 2 N–H and O–H groups in total. The number of benzene rings is 1. The van der Waals surface area contributed by atoms with Crippen molar-refractivity contribution in [2.45, 2.75) is 32.7 Å². The van der Waals surface area contributed by atoms with Crippen molar-refractivity contribution in [3.63, 3.8) is 0 Å². The van der Waals surface area contributed by atoms with Crippen molar-refractivity contribution in [1.29, 1.82) is 0 Å². The van der Waals surface area contributed by atoms with Crippen LogP contribution in [-0.4, -0.2) is 18.6 Å². The molecule has 88 valence electrons. The van der Waals surface area contributed by atoms with Gasteiger partial charge in [0.1, 0.15) is 0 Å². The van der Waals surface area contributed by atoms with Gasteiger partial charge < -0.3 is 10.6 Å². The highest BCUT2D eigenvalue weighted by atomic mass is 15.0. The summed E-state index contributed by atoms with van der Waals surface area (Å²) in [7, 11) is 0. The van der Waals surface area contributed by atoms with Crippen LogP contribution in [0.4, 0.5) is 5.69 Å². The third kappa shape index (κ3) is 2.99. The van der Waals surface area contributed by atoms with Crippen molar-refractivity contribution in [3.05, 3.63) is 29.8 Å². The highest BCUT2D eigenvalue weighted by Crippen LogP contribution is 2.24. The maximum absolute atomic E-state index is 3.58. The van der Waals surface area contributed by atoms with Crippen LogP contribution in [0.3, 0.4) is 0 Å². The Balaban J connectivity index is 1.93. The molecule has 0 fully saturated rings. The Morgan fingerprint density at radius 2 is 2.06 bits per heavy atom. The fourth-order valence-corrected chi connectivity index (χ4v) is 2.10. The summed E-state index contributed by atoms with van der Waals surface area (Å²) in [5, 5.41) is 7.09. The van der Waals surface area contributed by atoms with Gasteiger partial charge in [0.2, 0.25) is 0 Å². The third-order valence-corrected chi connectivity index (χ3v) is 3.03. The van der Waals surface area contributed by atoms with Crippen molar-refractivity contribution in [3.8, 4) is 0 Å². The van der Waals surface area contributed by atoms with Gasteiger partial charge in [0.25, 0.3) is 0 Å². The van der Waals surface area contributed by atoms with E-state index in [0.717, 1.165) is 13.1 Å². The summed E-state index contributed by atoms with van der Waals surface area (Å²) >= 11 is 0. The lowest BCUT2D eigenvalue weighted by molar-refractivity contribution is 0.373. The average Bonchev–Trinajstić information content (AvgIpc) is 2.25. The van der Waals surface area contributed by atoms with Gasteiger partial charge in [-0.3, -0.25) is 0 Å². The molecule has 16 heavy (non-hydrogen) atoms. The number of nitrogens with one attached hydrogen (secondary N) is 2. The zero-order valence-corrected chi connectivity index (χ0v) is 10.5. The van der Waals surface area contributed by atoms with E-state index in [0.29, 0.717) is 5.92 Å². The summed E-state index contributed by atoms with van der Waals surface area (Å²) in [5.74, 6) is 0.703. The molecule has 0 saturated heterocycles. The van der Waals surface area contributed by atoms with Crippen LogP contribution < -0.4 is 10.6 Å². The van der Waals surface area contributed by atoms with Crippen molar-refractivity contribution >= 4 is 5.69 Å². The largest absolute Gasteiger partial charge is 0.384 e. The first-order valence-electron chi connectivity index (χ1n) is 6.11. The van der Waals surface area contributed by atoms with Gasteiger partial charge in [-0.2, -0.15) is 0 Å². The van der Waals surface area contributed by atoms with E-state index in [1.165, 1.54) is 17.7 Å². The van der Waals surface area contributed by atoms with Gasteiger partial charge in [-0.05, 0) is 44.7 Å². The van der Waals surface area contributed by atoms with Gasteiger partial charge in [-0.25, -0.2) is 0 Å². The summed E-state index contributed by atoms with van der Waals surface area (Å²) in [6, 6.07) is 8.62. The number of hydrogen-bond acceptors (Lipinski definition) is 2. The minimum absolute atomic E-state index is 0.219. The molecule has 0 spiro atoms. The van der Waals surface area contributed by atoms with E-state index in [2.05, 4.69) is 55.7 Å². The van der Waals surface area contributed by atoms with E-state index >= 15 is 0 Å². The SMILES string of the molecule is CC(C)(C)NCC1CNc2ccccc2C1. The predicted molar refractivity (Wildman–Crippen MR) is 69.9 cm³/mol. The van der Waals surface area contributed by atoms with Crippen LogP contribution in [0, 0.1) is 5.92 Å². The van der Waals surface area contributed by atoms with Gasteiger partial charge in [-0.1, -0.05) is 18.2 Å². The molecule has 0 bridgehead atoms. The summed E-state index contributed by atoms with van der Waals surface area (Å²) < 4.78 is 0. The minimum Gasteiger partial charge on any atom is -0.384 e. The van der Waals surface area contributed by atoms with Gasteiger partial charge >= 0.3 is 0 Å². The number of para-hydroxylation sites is 1. The second kappa shape index (κ2) is 4.46. The number of hydrogen-bond donors (Lipinski definition) is 2.